The molecule has 0 aliphatic rings. The second-order valence-corrected chi connectivity index (χ2v) is 6.81. The second-order valence-electron chi connectivity index (χ2n) is 6.81. The topological polar surface area (TPSA) is 280 Å². The number of nitrogens with one attached hydrogen (secondary N) is 6. The molecule has 0 aliphatic heterocycles. The molecule has 0 amide bonds. The van der Waals surface area contributed by atoms with Crippen LogP contribution in [-0.2, 0) is 0 Å². The Labute approximate surface area is 209 Å². The minimum Gasteiger partial charge on any atom is -0.329 e. The van der Waals surface area contributed by atoms with Crippen molar-refractivity contribution in [3.63, 3.8) is 0 Å². The molecule has 212 valence electrons. The van der Waals surface area contributed by atoms with E-state index in [1.54, 1.807) is 0 Å². The lowest BCUT2D eigenvalue weighted by molar-refractivity contribution is 0.586. The molecule has 0 fully saturated rings. The molecule has 0 unspecified atom stereocenters. The Hall–Kier alpha value is -0.560. The fraction of sp³-hybridized carbons (Fsp3) is 1.00. The summed E-state index contributed by atoms with van der Waals surface area (Å²) >= 11 is 0. The van der Waals surface area contributed by atoms with E-state index in [1.807, 2.05) is 0 Å². The average Bonchev–Trinajstić information content (AvgIpc) is 2.86. The summed E-state index contributed by atoms with van der Waals surface area (Å²) in [6.45, 7) is 16.6. The molecule has 0 spiro atoms. The average molecular weight is 499 g/mol. The van der Waals surface area contributed by atoms with E-state index in [1.165, 1.54) is 0 Å². The molecule has 0 aromatic carbocycles. The summed E-state index contributed by atoms with van der Waals surface area (Å²) in [7, 11) is 0. The first-order valence-electron chi connectivity index (χ1n) is 12.5. The van der Waals surface area contributed by atoms with Crippen LogP contribution < -0.4 is 77.8 Å². The smallest absolute Gasteiger partial charge is 0.00772 e. The van der Waals surface area contributed by atoms with Gasteiger partial charge in [-0.05, 0) is 0 Å². The van der Waals surface area contributed by atoms with E-state index in [4.69, 9.17) is 45.9 Å². The van der Waals surface area contributed by atoms with Gasteiger partial charge in [0.1, 0.15) is 0 Å². The van der Waals surface area contributed by atoms with Crippen molar-refractivity contribution in [3.8, 4) is 0 Å². The fourth-order valence-electron chi connectivity index (χ4n) is 1.89. The zero-order chi connectivity index (χ0) is 26.4. The summed E-state index contributed by atoms with van der Waals surface area (Å²) < 4.78 is 0. The van der Waals surface area contributed by atoms with Gasteiger partial charge in [-0.2, -0.15) is 0 Å². The summed E-state index contributed by atoms with van der Waals surface area (Å²) in [5.41, 5.74) is 41.3. The van der Waals surface area contributed by atoms with Crippen molar-refractivity contribution < 1.29 is 0 Å². The highest BCUT2D eigenvalue weighted by molar-refractivity contribution is 4.55. The van der Waals surface area contributed by atoms with Gasteiger partial charge in [0, 0.05) is 131 Å². The molecule has 22 N–H and O–H groups in total. The van der Waals surface area contributed by atoms with Crippen LogP contribution in [0.15, 0.2) is 0 Å². The number of rotatable bonds is 22. The maximum absolute atomic E-state index is 5.32. The Morgan fingerprint density at radius 3 is 0.500 bits per heavy atom. The lowest BCUT2D eigenvalue weighted by atomic mass is 10.5. The van der Waals surface area contributed by atoms with Crippen molar-refractivity contribution in [1.82, 2.24) is 31.9 Å². The van der Waals surface area contributed by atoms with Crippen molar-refractivity contribution in [3.05, 3.63) is 0 Å². The lowest BCUT2D eigenvalue weighted by Crippen LogP contribution is -2.35. The SMILES string of the molecule is NCCN.NCCNCCN.NCCNCCNCCN.NCCNCCNCCNCCN. The Kier molecular flexibility index (Phi) is 59.2. The maximum atomic E-state index is 5.32. The van der Waals surface area contributed by atoms with E-state index in [2.05, 4.69) is 31.9 Å². The quantitative estimate of drug-likeness (QED) is 0.0617. The van der Waals surface area contributed by atoms with Gasteiger partial charge in [-0.15, -0.1) is 0 Å². The fourth-order valence-corrected chi connectivity index (χ4v) is 1.89. The third kappa shape index (κ3) is 63.4. The highest BCUT2D eigenvalue weighted by Crippen LogP contribution is 1.61. The van der Waals surface area contributed by atoms with Crippen molar-refractivity contribution in [1.29, 1.82) is 0 Å². The van der Waals surface area contributed by atoms with Gasteiger partial charge in [-0.1, -0.05) is 0 Å². The standard InChI is InChI=1S/C8H23N5.C6H18N4.C4H13N3.C2H8N2/c9-1-3-11-5-7-13-8-6-12-4-2-10;7-1-3-9-5-6-10-4-2-8;5-1-3-7-4-2-6;3-1-2-4/h11-13H,1-10H2;9-10H,1-8H2;7H,1-6H2;1-4H2. The highest BCUT2D eigenvalue weighted by Gasteiger charge is 1.87. The summed E-state index contributed by atoms with van der Waals surface area (Å²) in [5, 5.41) is 19.1. The molecule has 0 saturated heterocycles. The molecule has 0 saturated carbocycles. The van der Waals surface area contributed by atoms with Gasteiger partial charge in [-0.3, -0.25) is 0 Å². The molecular formula is C20H62N14. The van der Waals surface area contributed by atoms with E-state index < -0.39 is 0 Å². The zero-order valence-electron chi connectivity index (χ0n) is 21.8. The normalized spacial score (nSPS) is 9.88. The van der Waals surface area contributed by atoms with Crippen LogP contribution in [0.5, 0.6) is 0 Å². The zero-order valence-corrected chi connectivity index (χ0v) is 21.8. The van der Waals surface area contributed by atoms with Crippen LogP contribution in [0.2, 0.25) is 0 Å². The molecular weight excluding hydrogens is 436 g/mol. The van der Waals surface area contributed by atoms with E-state index >= 15 is 0 Å². The monoisotopic (exact) mass is 499 g/mol. The molecule has 0 radical (unpaired) electrons. The summed E-state index contributed by atoms with van der Waals surface area (Å²) in [4.78, 5) is 0. The van der Waals surface area contributed by atoms with Gasteiger partial charge in [0.15, 0.2) is 0 Å². The summed E-state index contributed by atoms with van der Waals surface area (Å²) in [6, 6.07) is 0. The van der Waals surface area contributed by atoms with Crippen LogP contribution in [0.4, 0.5) is 0 Å². The minimum absolute atomic E-state index is 0.597. The van der Waals surface area contributed by atoms with Crippen molar-refractivity contribution in [2.24, 2.45) is 45.9 Å². The molecule has 0 rings (SSSR count). The van der Waals surface area contributed by atoms with Crippen LogP contribution >= 0.6 is 0 Å². The van der Waals surface area contributed by atoms with Gasteiger partial charge in [0.25, 0.3) is 0 Å². The van der Waals surface area contributed by atoms with Crippen molar-refractivity contribution in [2.45, 2.75) is 0 Å². The van der Waals surface area contributed by atoms with E-state index in [0.717, 1.165) is 78.5 Å². The van der Waals surface area contributed by atoms with Crippen LogP contribution in [-0.4, -0.2) is 131 Å². The predicted molar refractivity (Wildman–Crippen MR) is 150 cm³/mol. The van der Waals surface area contributed by atoms with Gasteiger partial charge in [0.05, 0.1) is 0 Å². The largest absolute Gasteiger partial charge is 0.329 e. The number of hydrogen-bond acceptors (Lipinski definition) is 14. The highest BCUT2D eigenvalue weighted by atomic mass is 15.0. The number of hydrogen-bond donors (Lipinski definition) is 14. The molecule has 34 heavy (non-hydrogen) atoms. The first kappa shape index (κ1) is 40.6. The third-order valence-electron chi connectivity index (χ3n) is 3.53. The molecule has 14 nitrogen and oxygen atoms in total. The summed E-state index contributed by atoms with van der Waals surface area (Å²) in [5.74, 6) is 0. The Balaban J connectivity index is -0.000000190. The van der Waals surface area contributed by atoms with E-state index in [-0.39, 0.29) is 0 Å². The minimum atomic E-state index is 0.597. The predicted octanol–water partition coefficient (Wildman–Crippen LogP) is -6.85. The Morgan fingerprint density at radius 2 is 0.353 bits per heavy atom. The van der Waals surface area contributed by atoms with Crippen LogP contribution in [0, 0.1) is 0 Å². The van der Waals surface area contributed by atoms with Crippen LogP contribution in [0.1, 0.15) is 0 Å². The van der Waals surface area contributed by atoms with Gasteiger partial charge in [-0.25, -0.2) is 0 Å². The van der Waals surface area contributed by atoms with Crippen LogP contribution in [0.25, 0.3) is 0 Å². The number of nitrogens with two attached hydrogens (primary N) is 8. The van der Waals surface area contributed by atoms with Crippen LogP contribution in [0.3, 0.4) is 0 Å². The summed E-state index contributed by atoms with van der Waals surface area (Å²) in [6.07, 6.45) is 0. The lowest BCUT2D eigenvalue weighted by Gasteiger charge is -2.06. The first-order valence-corrected chi connectivity index (χ1v) is 12.5. The molecule has 0 bridgehead atoms. The molecule has 0 aromatic rings. The Morgan fingerprint density at radius 1 is 0.206 bits per heavy atom. The van der Waals surface area contributed by atoms with Crippen molar-refractivity contribution in [2.75, 3.05) is 131 Å². The molecule has 0 atom stereocenters. The first-order chi connectivity index (χ1) is 16.7. The molecule has 14 heteroatoms. The third-order valence-corrected chi connectivity index (χ3v) is 3.53. The van der Waals surface area contributed by atoms with Gasteiger partial charge >= 0.3 is 0 Å². The second kappa shape index (κ2) is 49.5. The molecule has 0 aromatic heterocycles. The van der Waals surface area contributed by atoms with Gasteiger partial charge in [0.2, 0.25) is 0 Å². The Bertz CT molecular complexity index is 254. The van der Waals surface area contributed by atoms with Crippen molar-refractivity contribution >= 4 is 0 Å². The van der Waals surface area contributed by atoms with Gasteiger partial charge < -0.3 is 77.8 Å². The van der Waals surface area contributed by atoms with E-state index in [0.29, 0.717) is 52.4 Å². The van der Waals surface area contributed by atoms with E-state index in [9.17, 15) is 0 Å². The maximum Gasteiger partial charge on any atom is 0.00772 e. The molecule has 0 heterocycles. The molecule has 0 aliphatic carbocycles.